The average Bonchev–Trinajstić information content (AvgIpc) is 2.69. The molecule has 2 nitrogen and oxygen atoms in total. The number of benzene rings is 1. The number of nitrogens with two attached hydrogens (primary N) is 1. The van der Waals surface area contributed by atoms with Gasteiger partial charge in [-0.2, -0.15) is 11.3 Å². The topological polar surface area (TPSA) is 38.0 Å². The van der Waals surface area contributed by atoms with Gasteiger partial charge in [-0.25, -0.2) is 9.82 Å². The van der Waals surface area contributed by atoms with Crippen molar-refractivity contribution in [1.29, 1.82) is 0 Å². The highest BCUT2D eigenvalue weighted by Crippen LogP contribution is 2.29. The van der Waals surface area contributed by atoms with Crippen LogP contribution in [0.2, 0.25) is 0 Å². The first kappa shape index (κ1) is 12.2. The summed E-state index contributed by atoms with van der Waals surface area (Å²) in [6.07, 6.45) is 0. The lowest BCUT2D eigenvalue weighted by molar-refractivity contribution is 0.611. The molecule has 1 unspecified atom stereocenters. The number of hydrogen-bond donors (Lipinski definition) is 2. The van der Waals surface area contributed by atoms with E-state index < -0.39 is 0 Å². The molecule has 0 bridgehead atoms. The third-order valence-corrected chi connectivity index (χ3v) is 3.80. The summed E-state index contributed by atoms with van der Waals surface area (Å²) in [6, 6.07) is 4.70. The number of rotatable bonds is 3. The number of aryl methyl sites for hydroxylation is 2. The molecule has 0 radical (unpaired) electrons. The molecule has 1 aromatic heterocycles. The van der Waals surface area contributed by atoms with Crippen LogP contribution in [-0.4, -0.2) is 0 Å². The minimum Gasteiger partial charge on any atom is -0.271 e. The van der Waals surface area contributed by atoms with Crippen LogP contribution in [0, 0.1) is 19.7 Å². The number of hydrogen-bond acceptors (Lipinski definition) is 3. The molecule has 1 heterocycles. The third-order valence-electron chi connectivity index (χ3n) is 2.92. The Morgan fingerprint density at radius 2 is 1.94 bits per heavy atom. The number of nitrogens with one attached hydrogen (secondary N) is 1. The molecular formula is C13H15FN2S. The average molecular weight is 250 g/mol. The third kappa shape index (κ3) is 2.39. The molecule has 1 atom stereocenters. The van der Waals surface area contributed by atoms with E-state index in [1.165, 1.54) is 17.7 Å². The molecular weight excluding hydrogens is 235 g/mol. The molecule has 3 N–H and O–H groups in total. The lowest BCUT2D eigenvalue weighted by Crippen LogP contribution is -2.29. The molecule has 0 aliphatic heterocycles. The Morgan fingerprint density at radius 1 is 1.18 bits per heavy atom. The van der Waals surface area contributed by atoms with Crippen molar-refractivity contribution in [2.24, 2.45) is 5.84 Å². The Morgan fingerprint density at radius 3 is 2.47 bits per heavy atom. The summed E-state index contributed by atoms with van der Waals surface area (Å²) in [4.78, 5) is 0. The smallest absolute Gasteiger partial charge is 0.123 e. The van der Waals surface area contributed by atoms with E-state index in [4.69, 9.17) is 5.84 Å². The van der Waals surface area contributed by atoms with Crippen molar-refractivity contribution < 1.29 is 4.39 Å². The molecule has 1 aromatic carbocycles. The highest BCUT2D eigenvalue weighted by Gasteiger charge is 2.17. The lowest BCUT2D eigenvalue weighted by atomic mass is 9.95. The molecule has 0 saturated heterocycles. The SMILES string of the molecule is Cc1cc(F)ccc1C(NN)c1cscc1C. The summed E-state index contributed by atoms with van der Waals surface area (Å²) in [5.74, 6) is 5.41. The molecule has 0 amide bonds. The van der Waals surface area contributed by atoms with Crippen LogP contribution in [0.3, 0.4) is 0 Å². The van der Waals surface area contributed by atoms with Gasteiger partial charge in [-0.1, -0.05) is 6.07 Å². The van der Waals surface area contributed by atoms with Gasteiger partial charge in [0.1, 0.15) is 5.82 Å². The fourth-order valence-electron chi connectivity index (χ4n) is 1.98. The molecule has 4 heteroatoms. The van der Waals surface area contributed by atoms with Crippen molar-refractivity contribution in [2.45, 2.75) is 19.9 Å². The standard InChI is InChI=1S/C13H15FN2S/c1-8-5-10(14)3-4-11(8)13(16-15)12-7-17-6-9(12)2/h3-7,13,16H,15H2,1-2H3. The van der Waals surface area contributed by atoms with Gasteiger partial charge in [0.15, 0.2) is 0 Å². The minimum absolute atomic E-state index is 0.0816. The largest absolute Gasteiger partial charge is 0.271 e. The van der Waals surface area contributed by atoms with E-state index in [0.29, 0.717) is 0 Å². The van der Waals surface area contributed by atoms with Crippen LogP contribution < -0.4 is 11.3 Å². The van der Waals surface area contributed by atoms with Gasteiger partial charge in [0.2, 0.25) is 0 Å². The molecule has 0 fully saturated rings. The Balaban J connectivity index is 2.46. The molecule has 2 aromatic rings. The zero-order valence-corrected chi connectivity index (χ0v) is 10.6. The summed E-state index contributed by atoms with van der Waals surface area (Å²) in [7, 11) is 0. The van der Waals surface area contributed by atoms with E-state index in [2.05, 4.69) is 23.1 Å². The second-order valence-corrected chi connectivity index (χ2v) is 4.85. The number of hydrazine groups is 1. The second kappa shape index (κ2) is 4.96. The van der Waals surface area contributed by atoms with Crippen LogP contribution in [0.25, 0.3) is 0 Å². The molecule has 0 spiro atoms. The fourth-order valence-corrected chi connectivity index (χ4v) is 2.85. The van der Waals surface area contributed by atoms with Gasteiger partial charge >= 0.3 is 0 Å². The zero-order valence-electron chi connectivity index (χ0n) is 9.83. The Hall–Kier alpha value is -1.23. The van der Waals surface area contributed by atoms with E-state index in [9.17, 15) is 4.39 Å². The van der Waals surface area contributed by atoms with Gasteiger partial charge in [-0.15, -0.1) is 0 Å². The maximum absolute atomic E-state index is 13.1. The van der Waals surface area contributed by atoms with E-state index >= 15 is 0 Å². The summed E-state index contributed by atoms with van der Waals surface area (Å²) in [5.41, 5.74) is 7.06. The van der Waals surface area contributed by atoms with E-state index in [1.54, 1.807) is 17.4 Å². The van der Waals surface area contributed by atoms with Gasteiger partial charge in [-0.05, 0) is 59.0 Å². The Labute approximate surface area is 104 Å². The van der Waals surface area contributed by atoms with Gasteiger partial charge in [0.05, 0.1) is 6.04 Å². The minimum atomic E-state index is -0.218. The predicted molar refractivity (Wildman–Crippen MR) is 69.4 cm³/mol. The first-order valence-electron chi connectivity index (χ1n) is 5.38. The van der Waals surface area contributed by atoms with Crippen LogP contribution in [0.15, 0.2) is 29.0 Å². The van der Waals surface area contributed by atoms with Crippen molar-refractivity contribution in [2.75, 3.05) is 0 Å². The van der Waals surface area contributed by atoms with Crippen molar-refractivity contribution in [3.05, 3.63) is 57.0 Å². The highest BCUT2D eigenvalue weighted by atomic mass is 32.1. The van der Waals surface area contributed by atoms with Crippen molar-refractivity contribution in [3.8, 4) is 0 Å². The summed E-state index contributed by atoms with van der Waals surface area (Å²) in [5, 5.41) is 4.15. The zero-order chi connectivity index (χ0) is 12.4. The van der Waals surface area contributed by atoms with Crippen molar-refractivity contribution >= 4 is 11.3 Å². The summed E-state index contributed by atoms with van der Waals surface area (Å²) in [6.45, 7) is 3.94. The van der Waals surface area contributed by atoms with Gasteiger partial charge in [0.25, 0.3) is 0 Å². The monoisotopic (exact) mass is 250 g/mol. The molecule has 0 aliphatic carbocycles. The second-order valence-electron chi connectivity index (χ2n) is 4.11. The maximum atomic E-state index is 13.1. The summed E-state index contributed by atoms with van der Waals surface area (Å²) >= 11 is 1.64. The van der Waals surface area contributed by atoms with Crippen LogP contribution in [-0.2, 0) is 0 Å². The Bertz CT molecular complexity index is 522. The van der Waals surface area contributed by atoms with E-state index in [1.807, 2.05) is 6.92 Å². The molecule has 90 valence electrons. The highest BCUT2D eigenvalue weighted by molar-refractivity contribution is 7.08. The van der Waals surface area contributed by atoms with Crippen LogP contribution in [0.4, 0.5) is 4.39 Å². The summed E-state index contributed by atoms with van der Waals surface area (Å²) < 4.78 is 13.1. The van der Waals surface area contributed by atoms with E-state index in [-0.39, 0.29) is 11.9 Å². The van der Waals surface area contributed by atoms with E-state index in [0.717, 1.165) is 16.7 Å². The van der Waals surface area contributed by atoms with Crippen LogP contribution >= 0.6 is 11.3 Å². The van der Waals surface area contributed by atoms with Crippen molar-refractivity contribution in [1.82, 2.24) is 5.43 Å². The maximum Gasteiger partial charge on any atom is 0.123 e. The fraction of sp³-hybridized carbons (Fsp3) is 0.231. The normalized spacial score (nSPS) is 12.7. The first-order chi connectivity index (χ1) is 8.13. The van der Waals surface area contributed by atoms with Gasteiger partial charge in [0, 0.05) is 0 Å². The first-order valence-corrected chi connectivity index (χ1v) is 6.32. The molecule has 17 heavy (non-hydrogen) atoms. The van der Waals surface area contributed by atoms with Crippen LogP contribution in [0.1, 0.15) is 28.3 Å². The molecule has 0 aliphatic rings. The van der Waals surface area contributed by atoms with Crippen LogP contribution in [0.5, 0.6) is 0 Å². The quantitative estimate of drug-likeness (QED) is 0.649. The number of halogens is 1. The van der Waals surface area contributed by atoms with Crippen molar-refractivity contribution in [3.63, 3.8) is 0 Å². The number of thiophene rings is 1. The van der Waals surface area contributed by atoms with Gasteiger partial charge < -0.3 is 0 Å². The lowest BCUT2D eigenvalue weighted by Gasteiger charge is -2.18. The molecule has 2 rings (SSSR count). The Kier molecular flexibility index (Phi) is 3.57. The molecule has 0 saturated carbocycles. The van der Waals surface area contributed by atoms with Gasteiger partial charge in [-0.3, -0.25) is 5.84 Å². The predicted octanol–water partition coefficient (Wildman–Crippen LogP) is 3.06.